The van der Waals surface area contributed by atoms with E-state index < -0.39 is 0 Å². The van der Waals surface area contributed by atoms with Crippen molar-refractivity contribution in [2.45, 2.75) is 6.42 Å². The highest BCUT2D eigenvalue weighted by Gasteiger charge is 2.20. The first-order valence-electron chi connectivity index (χ1n) is 7.81. The lowest BCUT2D eigenvalue weighted by Crippen LogP contribution is -2.38. The van der Waals surface area contributed by atoms with Crippen LogP contribution in [0, 0.1) is 0 Å². The molecule has 2 aromatic rings. The van der Waals surface area contributed by atoms with Gasteiger partial charge in [-0.15, -0.1) is 5.10 Å². The van der Waals surface area contributed by atoms with Gasteiger partial charge in [-0.05, 0) is 30.7 Å². The van der Waals surface area contributed by atoms with Crippen molar-refractivity contribution in [2.75, 3.05) is 37.7 Å². The van der Waals surface area contributed by atoms with Gasteiger partial charge in [-0.2, -0.15) is 5.10 Å². The third-order valence-corrected chi connectivity index (χ3v) is 3.84. The van der Waals surface area contributed by atoms with Crippen LogP contribution >= 0.6 is 0 Å². The fourth-order valence-electron chi connectivity index (χ4n) is 2.61. The first-order valence-corrected chi connectivity index (χ1v) is 7.81. The van der Waals surface area contributed by atoms with Crippen molar-refractivity contribution < 1.29 is 9.53 Å². The van der Waals surface area contributed by atoms with E-state index in [0.717, 1.165) is 37.6 Å². The molecule has 0 saturated carbocycles. The lowest BCUT2D eigenvalue weighted by molar-refractivity contribution is -0.133. The van der Waals surface area contributed by atoms with E-state index >= 15 is 0 Å². The van der Waals surface area contributed by atoms with Gasteiger partial charge in [-0.1, -0.05) is 18.2 Å². The summed E-state index contributed by atoms with van der Waals surface area (Å²) in [6, 6.07) is 13.2. The Bertz CT molecular complexity index is 621. The number of ether oxygens (including phenoxy) is 1. The van der Waals surface area contributed by atoms with Crippen LogP contribution in [0.15, 0.2) is 48.7 Å². The van der Waals surface area contributed by atoms with Crippen LogP contribution in [0.25, 0.3) is 0 Å². The van der Waals surface area contributed by atoms with Crippen molar-refractivity contribution in [2.24, 2.45) is 0 Å². The number of benzene rings is 1. The average Bonchev–Trinajstić information content (AvgIpc) is 2.87. The lowest BCUT2D eigenvalue weighted by atomic mass is 10.3. The Morgan fingerprint density at radius 2 is 1.91 bits per heavy atom. The van der Waals surface area contributed by atoms with E-state index in [1.54, 1.807) is 6.20 Å². The maximum absolute atomic E-state index is 12.3. The van der Waals surface area contributed by atoms with Crippen molar-refractivity contribution in [1.82, 2.24) is 15.1 Å². The Kier molecular flexibility index (Phi) is 5.03. The quantitative estimate of drug-likeness (QED) is 0.858. The minimum absolute atomic E-state index is 0.0230. The van der Waals surface area contributed by atoms with Gasteiger partial charge in [0.15, 0.2) is 12.4 Å². The van der Waals surface area contributed by atoms with Crippen molar-refractivity contribution >= 4 is 11.7 Å². The molecule has 1 aliphatic heterocycles. The van der Waals surface area contributed by atoms with Gasteiger partial charge in [-0.3, -0.25) is 4.79 Å². The minimum atomic E-state index is 0.0230. The van der Waals surface area contributed by atoms with Gasteiger partial charge in [0, 0.05) is 32.4 Å². The molecule has 6 nitrogen and oxygen atoms in total. The Hall–Kier alpha value is -2.63. The van der Waals surface area contributed by atoms with E-state index in [9.17, 15) is 4.79 Å². The highest BCUT2D eigenvalue weighted by atomic mass is 16.5. The van der Waals surface area contributed by atoms with Crippen LogP contribution in [0.1, 0.15) is 6.42 Å². The van der Waals surface area contributed by atoms with E-state index in [0.29, 0.717) is 6.54 Å². The number of rotatable bonds is 4. The number of carbonyl (C=O) groups excluding carboxylic acids is 1. The summed E-state index contributed by atoms with van der Waals surface area (Å²) in [5.74, 6) is 1.61. The Balaban J connectivity index is 1.52. The summed E-state index contributed by atoms with van der Waals surface area (Å²) in [4.78, 5) is 16.3. The van der Waals surface area contributed by atoms with E-state index in [4.69, 9.17) is 4.74 Å². The molecule has 23 heavy (non-hydrogen) atoms. The predicted molar refractivity (Wildman–Crippen MR) is 87.4 cm³/mol. The van der Waals surface area contributed by atoms with Crippen LogP contribution in [0.4, 0.5) is 5.82 Å². The standard InChI is InChI=1S/C17H20N4O2/c22-17(14-23-15-6-2-1-3-7-15)21-11-5-10-20(12-13-21)16-8-4-9-18-19-16/h1-4,6-9H,5,10-14H2. The van der Waals surface area contributed by atoms with E-state index in [1.807, 2.05) is 47.4 Å². The van der Waals surface area contributed by atoms with Crippen LogP contribution in [-0.2, 0) is 4.79 Å². The molecule has 1 aromatic heterocycles. The Labute approximate surface area is 135 Å². The van der Waals surface area contributed by atoms with Gasteiger partial charge in [0.1, 0.15) is 5.75 Å². The average molecular weight is 312 g/mol. The second kappa shape index (κ2) is 7.58. The van der Waals surface area contributed by atoms with Crippen LogP contribution in [0.3, 0.4) is 0 Å². The molecule has 0 N–H and O–H groups in total. The smallest absolute Gasteiger partial charge is 0.260 e. The Morgan fingerprint density at radius 3 is 2.70 bits per heavy atom. The molecule has 0 spiro atoms. The number of para-hydroxylation sites is 1. The predicted octanol–water partition coefficient (Wildman–Crippen LogP) is 1.59. The number of anilines is 1. The zero-order valence-electron chi connectivity index (χ0n) is 13.0. The largest absolute Gasteiger partial charge is 0.484 e. The summed E-state index contributed by atoms with van der Waals surface area (Å²) in [5, 5.41) is 8.05. The third-order valence-electron chi connectivity index (χ3n) is 3.84. The van der Waals surface area contributed by atoms with E-state index in [-0.39, 0.29) is 12.5 Å². The van der Waals surface area contributed by atoms with Crippen molar-refractivity contribution in [1.29, 1.82) is 0 Å². The first kappa shape index (κ1) is 15.3. The summed E-state index contributed by atoms with van der Waals surface area (Å²) in [7, 11) is 0. The number of amides is 1. The molecule has 3 rings (SSSR count). The topological polar surface area (TPSA) is 58.6 Å². The summed E-state index contributed by atoms with van der Waals surface area (Å²) in [6.45, 7) is 3.13. The molecule has 2 heterocycles. The number of nitrogens with zero attached hydrogens (tertiary/aromatic N) is 4. The SMILES string of the molecule is O=C(COc1ccccc1)N1CCCN(c2cccnn2)CC1. The zero-order valence-corrected chi connectivity index (χ0v) is 13.0. The molecule has 1 aromatic carbocycles. The van der Waals surface area contributed by atoms with Crippen LogP contribution in [0.2, 0.25) is 0 Å². The molecule has 0 atom stereocenters. The molecule has 1 amide bonds. The maximum Gasteiger partial charge on any atom is 0.260 e. The normalized spacial score (nSPS) is 15.1. The summed E-state index contributed by atoms with van der Waals surface area (Å²) in [6.07, 6.45) is 2.58. The van der Waals surface area contributed by atoms with E-state index in [2.05, 4.69) is 15.1 Å². The van der Waals surface area contributed by atoms with Gasteiger partial charge in [0.05, 0.1) is 0 Å². The highest BCUT2D eigenvalue weighted by Crippen LogP contribution is 2.13. The third kappa shape index (κ3) is 4.18. The summed E-state index contributed by atoms with van der Waals surface area (Å²) >= 11 is 0. The molecule has 1 fully saturated rings. The molecule has 0 unspecified atom stereocenters. The summed E-state index contributed by atoms with van der Waals surface area (Å²) < 4.78 is 5.55. The fraction of sp³-hybridized carbons (Fsp3) is 0.353. The maximum atomic E-state index is 12.3. The van der Waals surface area contributed by atoms with Crippen LogP contribution in [0.5, 0.6) is 5.75 Å². The van der Waals surface area contributed by atoms with Crippen molar-refractivity contribution in [3.63, 3.8) is 0 Å². The number of carbonyl (C=O) groups is 1. The van der Waals surface area contributed by atoms with Crippen molar-refractivity contribution in [3.05, 3.63) is 48.7 Å². The molecule has 6 heteroatoms. The number of aromatic nitrogens is 2. The lowest BCUT2D eigenvalue weighted by Gasteiger charge is -2.22. The Morgan fingerprint density at radius 1 is 1.04 bits per heavy atom. The molecular formula is C17H20N4O2. The second-order valence-electron chi connectivity index (χ2n) is 5.40. The molecule has 0 radical (unpaired) electrons. The molecule has 1 saturated heterocycles. The van der Waals surface area contributed by atoms with E-state index in [1.165, 1.54) is 0 Å². The van der Waals surface area contributed by atoms with Gasteiger partial charge in [-0.25, -0.2) is 0 Å². The number of hydrogen-bond donors (Lipinski definition) is 0. The van der Waals surface area contributed by atoms with Gasteiger partial charge in [0.25, 0.3) is 5.91 Å². The minimum Gasteiger partial charge on any atom is -0.484 e. The molecule has 0 aliphatic carbocycles. The molecule has 120 valence electrons. The second-order valence-corrected chi connectivity index (χ2v) is 5.40. The highest BCUT2D eigenvalue weighted by molar-refractivity contribution is 5.77. The zero-order chi connectivity index (χ0) is 15.9. The van der Waals surface area contributed by atoms with Crippen LogP contribution in [-0.4, -0.2) is 53.8 Å². The van der Waals surface area contributed by atoms with Crippen LogP contribution < -0.4 is 9.64 Å². The molecule has 0 bridgehead atoms. The van der Waals surface area contributed by atoms with Crippen molar-refractivity contribution in [3.8, 4) is 5.75 Å². The van der Waals surface area contributed by atoms with Gasteiger partial charge >= 0.3 is 0 Å². The fourth-order valence-corrected chi connectivity index (χ4v) is 2.61. The monoisotopic (exact) mass is 312 g/mol. The molecule has 1 aliphatic rings. The molecular weight excluding hydrogens is 292 g/mol. The first-order chi connectivity index (χ1) is 11.3. The van der Waals surface area contributed by atoms with Gasteiger partial charge < -0.3 is 14.5 Å². The number of hydrogen-bond acceptors (Lipinski definition) is 5. The van der Waals surface area contributed by atoms with Gasteiger partial charge in [0.2, 0.25) is 0 Å². The summed E-state index contributed by atoms with van der Waals surface area (Å²) in [5.41, 5.74) is 0.